The van der Waals surface area contributed by atoms with Gasteiger partial charge >= 0.3 is 0 Å². The van der Waals surface area contributed by atoms with Crippen LogP contribution in [-0.4, -0.2) is 49.1 Å². The van der Waals surface area contributed by atoms with Crippen LogP contribution in [0.5, 0.6) is 5.75 Å². The van der Waals surface area contributed by atoms with Crippen LogP contribution in [0.25, 0.3) is 10.2 Å². The van der Waals surface area contributed by atoms with Crippen molar-refractivity contribution in [3.05, 3.63) is 18.2 Å². The van der Waals surface area contributed by atoms with E-state index in [0.29, 0.717) is 6.54 Å². The van der Waals surface area contributed by atoms with Crippen LogP contribution in [0.15, 0.2) is 18.2 Å². The zero-order valence-corrected chi connectivity index (χ0v) is 17.4. The fourth-order valence-corrected chi connectivity index (χ4v) is 4.12. The second kappa shape index (κ2) is 9.53. The molecule has 3 rings (SSSR count). The number of fused-ring (bicyclic) bond motifs is 1. The van der Waals surface area contributed by atoms with Gasteiger partial charge in [0, 0.05) is 19.0 Å². The molecule has 0 radical (unpaired) electrons. The van der Waals surface area contributed by atoms with Gasteiger partial charge in [-0.1, -0.05) is 31.6 Å². The number of rotatable bonds is 8. The van der Waals surface area contributed by atoms with E-state index in [1.54, 1.807) is 18.4 Å². The predicted octanol–water partition coefficient (Wildman–Crippen LogP) is 4.20. The molecule has 1 saturated carbocycles. The number of halogens is 1. The predicted molar refractivity (Wildman–Crippen MR) is 111 cm³/mol. The number of likely N-dealkylation sites (N-methyl/N-ethyl adjacent to an activating group) is 1. The number of benzene rings is 1. The quantitative estimate of drug-likeness (QED) is 0.669. The van der Waals surface area contributed by atoms with E-state index in [1.807, 2.05) is 23.1 Å². The number of thiazole rings is 1. The minimum atomic E-state index is 0. The van der Waals surface area contributed by atoms with Crippen LogP contribution < -0.4 is 9.64 Å². The van der Waals surface area contributed by atoms with Crippen molar-refractivity contribution in [2.75, 3.05) is 38.2 Å². The molecule has 0 N–H and O–H groups in total. The Morgan fingerprint density at radius 3 is 2.58 bits per heavy atom. The molecule has 2 aromatic rings. The highest BCUT2D eigenvalue weighted by molar-refractivity contribution is 7.22. The average Bonchev–Trinajstić information content (AvgIpc) is 2.99. The molecule has 1 aliphatic carbocycles. The summed E-state index contributed by atoms with van der Waals surface area (Å²) in [6.45, 7) is 7.90. The van der Waals surface area contributed by atoms with Gasteiger partial charge in [0.15, 0.2) is 5.13 Å². The van der Waals surface area contributed by atoms with Crippen molar-refractivity contribution in [2.24, 2.45) is 5.92 Å². The standard InChI is InChI=1S/C19H27N3O2S.ClH/c1-4-21(5-2)11-12-22(18(23)14-7-6-8-14)19-20-16-10-9-15(24-3)13-17(16)25-19;/h9-10,13-14H,4-8,11-12H2,1-3H3;1H. The summed E-state index contributed by atoms with van der Waals surface area (Å²) in [6.07, 6.45) is 3.19. The smallest absolute Gasteiger partial charge is 0.231 e. The third kappa shape index (κ3) is 4.48. The second-order valence-electron chi connectivity index (χ2n) is 6.47. The van der Waals surface area contributed by atoms with Crippen LogP contribution in [0.1, 0.15) is 33.1 Å². The van der Waals surface area contributed by atoms with Gasteiger partial charge in [0.1, 0.15) is 5.75 Å². The minimum Gasteiger partial charge on any atom is -0.497 e. The molecule has 5 nitrogen and oxygen atoms in total. The van der Waals surface area contributed by atoms with E-state index in [1.165, 1.54) is 0 Å². The van der Waals surface area contributed by atoms with Crippen molar-refractivity contribution in [2.45, 2.75) is 33.1 Å². The van der Waals surface area contributed by atoms with Gasteiger partial charge in [0.05, 0.1) is 17.3 Å². The topological polar surface area (TPSA) is 45.7 Å². The molecule has 1 fully saturated rings. The highest BCUT2D eigenvalue weighted by Crippen LogP contribution is 2.35. The van der Waals surface area contributed by atoms with Crippen molar-refractivity contribution < 1.29 is 9.53 Å². The first kappa shape index (κ1) is 20.9. The molecular formula is C19H28ClN3O2S. The summed E-state index contributed by atoms with van der Waals surface area (Å²) >= 11 is 1.58. The van der Waals surface area contributed by atoms with Crippen molar-refractivity contribution in [1.29, 1.82) is 0 Å². The Morgan fingerprint density at radius 2 is 2.00 bits per heavy atom. The van der Waals surface area contributed by atoms with Gasteiger partial charge in [-0.15, -0.1) is 12.4 Å². The molecule has 1 aliphatic rings. The van der Waals surface area contributed by atoms with E-state index >= 15 is 0 Å². The normalized spacial score (nSPS) is 14.2. The zero-order valence-electron chi connectivity index (χ0n) is 15.7. The fraction of sp³-hybridized carbons (Fsp3) is 0.579. The van der Waals surface area contributed by atoms with E-state index < -0.39 is 0 Å². The van der Waals surface area contributed by atoms with Gasteiger partial charge in [-0.05, 0) is 44.1 Å². The average molecular weight is 398 g/mol. The molecular weight excluding hydrogens is 370 g/mol. The summed E-state index contributed by atoms with van der Waals surface area (Å²) in [6, 6.07) is 5.87. The Hall–Kier alpha value is -1.37. The Bertz CT molecular complexity index is 729. The van der Waals surface area contributed by atoms with Crippen molar-refractivity contribution >= 4 is 45.0 Å². The summed E-state index contributed by atoms with van der Waals surface area (Å²) in [5, 5.41) is 0.812. The first-order valence-corrected chi connectivity index (χ1v) is 9.96. The van der Waals surface area contributed by atoms with Gasteiger partial charge in [-0.25, -0.2) is 4.98 Å². The number of nitrogens with zero attached hydrogens (tertiary/aromatic N) is 3. The molecule has 1 aromatic carbocycles. The molecule has 0 atom stereocenters. The number of hydrogen-bond acceptors (Lipinski definition) is 5. The SMILES string of the molecule is CCN(CC)CCN(C(=O)C1CCC1)c1nc2ccc(OC)cc2s1.Cl. The molecule has 1 amide bonds. The minimum absolute atomic E-state index is 0. The van der Waals surface area contributed by atoms with Crippen LogP contribution in [0, 0.1) is 5.92 Å². The number of ether oxygens (including phenoxy) is 1. The monoisotopic (exact) mass is 397 g/mol. The Labute approximate surface area is 165 Å². The third-order valence-electron chi connectivity index (χ3n) is 5.07. The molecule has 1 heterocycles. The van der Waals surface area contributed by atoms with Crippen LogP contribution in [0.2, 0.25) is 0 Å². The number of anilines is 1. The van der Waals surface area contributed by atoms with Gasteiger partial charge < -0.3 is 9.64 Å². The largest absolute Gasteiger partial charge is 0.497 e. The molecule has 0 spiro atoms. The van der Waals surface area contributed by atoms with Gasteiger partial charge in [0.25, 0.3) is 0 Å². The molecule has 26 heavy (non-hydrogen) atoms. The van der Waals surface area contributed by atoms with E-state index in [2.05, 4.69) is 18.7 Å². The number of hydrogen-bond donors (Lipinski definition) is 0. The summed E-state index contributed by atoms with van der Waals surface area (Å²) < 4.78 is 6.36. The van der Waals surface area contributed by atoms with Crippen LogP contribution in [0.3, 0.4) is 0 Å². The molecule has 0 unspecified atom stereocenters. The van der Waals surface area contributed by atoms with E-state index in [-0.39, 0.29) is 24.2 Å². The maximum atomic E-state index is 13.0. The van der Waals surface area contributed by atoms with E-state index in [9.17, 15) is 4.79 Å². The summed E-state index contributed by atoms with van der Waals surface area (Å²) in [4.78, 5) is 22.0. The molecule has 144 valence electrons. The first-order chi connectivity index (χ1) is 12.2. The third-order valence-corrected chi connectivity index (χ3v) is 6.11. The maximum Gasteiger partial charge on any atom is 0.231 e. The highest BCUT2D eigenvalue weighted by atomic mass is 35.5. The van der Waals surface area contributed by atoms with Crippen LogP contribution >= 0.6 is 23.7 Å². The lowest BCUT2D eigenvalue weighted by atomic mass is 9.84. The summed E-state index contributed by atoms with van der Waals surface area (Å²) in [7, 11) is 1.67. The van der Waals surface area contributed by atoms with Gasteiger partial charge in [-0.3, -0.25) is 9.69 Å². The molecule has 0 saturated heterocycles. The van der Waals surface area contributed by atoms with Crippen LogP contribution in [-0.2, 0) is 4.79 Å². The fourth-order valence-electron chi connectivity index (χ4n) is 3.09. The van der Waals surface area contributed by atoms with Crippen molar-refractivity contribution in [3.8, 4) is 5.75 Å². The van der Waals surface area contributed by atoms with Crippen molar-refractivity contribution in [3.63, 3.8) is 0 Å². The molecule has 0 aliphatic heterocycles. The Kier molecular flexibility index (Phi) is 7.68. The van der Waals surface area contributed by atoms with Crippen molar-refractivity contribution in [1.82, 2.24) is 9.88 Å². The lowest BCUT2D eigenvalue weighted by Gasteiger charge is -2.31. The number of aromatic nitrogens is 1. The maximum absolute atomic E-state index is 13.0. The summed E-state index contributed by atoms with van der Waals surface area (Å²) in [5.41, 5.74) is 0.926. The lowest BCUT2D eigenvalue weighted by Crippen LogP contribution is -2.43. The van der Waals surface area contributed by atoms with E-state index in [0.717, 1.165) is 60.0 Å². The number of amides is 1. The lowest BCUT2D eigenvalue weighted by molar-refractivity contribution is -0.124. The second-order valence-corrected chi connectivity index (χ2v) is 7.48. The number of methoxy groups -OCH3 is 1. The summed E-state index contributed by atoms with van der Waals surface area (Å²) in [5.74, 6) is 1.24. The highest BCUT2D eigenvalue weighted by Gasteiger charge is 2.31. The van der Waals surface area contributed by atoms with Gasteiger partial charge in [-0.2, -0.15) is 0 Å². The van der Waals surface area contributed by atoms with Gasteiger partial charge in [0.2, 0.25) is 5.91 Å². The molecule has 7 heteroatoms. The van der Waals surface area contributed by atoms with E-state index in [4.69, 9.17) is 9.72 Å². The molecule has 1 aromatic heterocycles. The Morgan fingerprint density at radius 1 is 1.27 bits per heavy atom. The molecule has 0 bridgehead atoms. The zero-order chi connectivity index (χ0) is 17.8. The Balaban J connectivity index is 0.00000243. The van der Waals surface area contributed by atoms with Crippen LogP contribution in [0.4, 0.5) is 5.13 Å². The number of carbonyl (C=O) groups is 1. The first-order valence-electron chi connectivity index (χ1n) is 9.14. The number of carbonyl (C=O) groups excluding carboxylic acids is 1.